The van der Waals surface area contributed by atoms with Gasteiger partial charge in [0, 0.05) is 20.9 Å². The monoisotopic (exact) mass is 382 g/mol. The van der Waals surface area contributed by atoms with Crippen molar-refractivity contribution in [2.75, 3.05) is 0 Å². The fourth-order valence-electron chi connectivity index (χ4n) is 2.33. The number of hydrogen-bond acceptors (Lipinski definition) is 2. The Hall–Kier alpha value is -0.840. The molecule has 0 spiro atoms. The Bertz CT molecular complexity index is 613. The lowest BCUT2D eigenvalue weighted by molar-refractivity contribution is 0.0656. The Morgan fingerprint density at radius 1 is 1.05 bits per heavy atom. The molecule has 2 atom stereocenters. The molecule has 1 N–H and O–H groups in total. The number of benzene rings is 2. The van der Waals surface area contributed by atoms with Crippen LogP contribution >= 0.6 is 31.9 Å². The van der Waals surface area contributed by atoms with Gasteiger partial charge in [0.25, 0.3) is 0 Å². The van der Waals surface area contributed by atoms with Crippen LogP contribution in [0.2, 0.25) is 0 Å². The minimum absolute atomic E-state index is 0.116. The van der Waals surface area contributed by atoms with Crippen LogP contribution in [-0.4, -0.2) is 5.11 Å². The van der Waals surface area contributed by atoms with Crippen molar-refractivity contribution < 1.29 is 9.84 Å². The van der Waals surface area contributed by atoms with E-state index in [1.54, 1.807) is 0 Å². The molecule has 2 aromatic carbocycles. The average Bonchev–Trinajstić information content (AvgIpc) is 2.38. The molecule has 1 aliphatic rings. The summed E-state index contributed by atoms with van der Waals surface area (Å²) in [6, 6.07) is 13.7. The molecule has 2 aromatic rings. The van der Waals surface area contributed by atoms with E-state index in [0.717, 1.165) is 25.8 Å². The smallest absolute Gasteiger partial charge is 0.127 e. The first-order valence-electron chi connectivity index (χ1n) is 6.03. The summed E-state index contributed by atoms with van der Waals surface area (Å²) >= 11 is 6.89. The molecule has 0 saturated carbocycles. The third kappa shape index (κ3) is 2.71. The van der Waals surface area contributed by atoms with E-state index in [-0.39, 0.29) is 6.10 Å². The van der Waals surface area contributed by atoms with E-state index in [1.165, 1.54) is 0 Å². The molecule has 0 amide bonds. The number of aliphatic hydroxyl groups is 1. The number of fused-ring (bicyclic) bond motifs is 1. The van der Waals surface area contributed by atoms with Gasteiger partial charge in [-0.1, -0.05) is 50.1 Å². The number of rotatable bonds is 1. The molecule has 98 valence electrons. The predicted octanol–water partition coefficient (Wildman–Crippen LogP) is 4.77. The second-order valence-electron chi connectivity index (χ2n) is 4.60. The molecule has 1 aliphatic heterocycles. The van der Waals surface area contributed by atoms with Crippen LogP contribution in [0.5, 0.6) is 5.75 Å². The SMILES string of the molecule is O[C@H]1CC(c2cccc(Br)c2)Oc2cc(Br)ccc21. The Morgan fingerprint density at radius 2 is 1.84 bits per heavy atom. The zero-order chi connectivity index (χ0) is 13.4. The molecule has 0 saturated heterocycles. The molecular formula is C15H12Br2O2. The van der Waals surface area contributed by atoms with Gasteiger partial charge in [0.05, 0.1) is 6.10 Å². The summed E-state index contributed by atoms with van der Waals surface area (Å²) in [6.07, 6.45) is -0.0272. The van der Waals surface area contributed by atoms with Gasteiger partial charge in [-0.3, -0.25) is 0 Å². The number of halogens is 2. The molecule has 0 fully saturated rings. The summed E-state index contributed by atoms with van der Waals surface area (Å²) in [5.41, 5.74) is 1.92. The maximum absolute atomic E-state index is 10.2. The van der Waals surface area contributed by atoms with Crippen molar-refractivity contribution in [2.24, 2.45) is 0 Å². The van der Waals surface area contributed by atoms with Gasteiger partial charge in [-0.15, -0.1) is 0 Å². The molecular weight excluding hydrogens is 372 g/mol. The summed E-state index contributed by atoms with van der Waals surface area (Å²) in [6.45, 7) is 0. The molecule has 0 aliphatic carbocycles. The normalized spacial score (nSPS) is 21.6. The van der Waals surface area contributed by atoms with E-state index in [1.807, 2.05) is 42.5 Å². The first-order valence-corrected chi connectivity index (χ1v) is 7.62. The number of ether oxygens (including phenoxy) is 1. The van der Waals surface area contributed by atoms with Crippen molar-refractivity contribution >= 4 is 31.9 Å². The van der Waals surface area contributed by atoms with Crippen LogP contribution in [-0.2, 0) is 0 Å². The van der Waals surface area contributed by atoms with Crippen molar-refractivity contribution in [1.82, 2.24) is 0 Å². The second-order valence-corrected chi connectivity index (χ2v) is 6.43. The van der Waals surface area contributed by atoms with E-state index in [2.05, 4.69) is 31.9 Å². The van der Waals surface area contributed by atoms with Gasteiger partial charge in [0.15, 0.2) is 0 Å². The lowest BCUT2D eigenvalue weighted by Crippen LogP contribution is -2.19. The number of hydrogen-bond donors (Lipinski definition) is 1. The summed E-state index contributed by atoms with van der Waals surface area (Å²) in [4.78, 5) is 0. The Morgan fingerprint density at radius 3 is 2.63 bits per heavy atom. The molecule has 0 bridgehead atoms. The predicted molar refractivity (Wildman–Crippen MR) is 81.2 cm³/mol. The minimum atomic E-state index is -0.485. The second kappa shape index (κ2) is 5.27. The zero-order valence-electron chi connectivity index (χ0n) is 10.0. The Kier molecular flexibility index (Phi) is 3.65. The Balaban J connectivity index is 1.96. The fourth-order valence-corrected chi connectivity index (χ4v) is 3.08. The van der Waals surface area contributed by atoms with Crippen LogP contribution in [0.15, 0.2) is 51.4 Å². The highest BCUT2D eigenvalue weighted by Crippen LogP contribution is 2.42. The van der Waals surface area contributed by atoms with Crippen LogP contribution in [0.25, 0.3) is 0 Å². The topological polar surface area (TPSA) is 29.5 Å². The van der Waals surface area contributed by atoms with Gasteiger partial charge in [0.2, 0.25) is 0 Å². The minimum Gasteiger partial charge on any atom is -0.485 e. The van der Waals surface area contributed by atoms with Gasteiger partial charge in [0.1, 0.15) is 11.9 Å². The fraction of sp³-hybridized carbons (Fsp3) is 0.200. The van der Waals surface area contributed by atoms with Crippen molar-refractivity contribution in [2.45, 2.75) is 18.6 Å². The summed E-state index contributed by atoms with van der Waals surface area (Å²) in [7, 11) is 0. The van der Waals surface area contributed by atoms with Gasteiger partial charge in [-0.25, -0.2) is 0 Å². The van der Waals surface area contributed by atoms with E-state index in [0.29, 0.717) is 6.42 Å². The van der Waals surface area contributed by atoms with Gasteiger partial charge < -0.3 is 9.84 Å². The molecule has 0 radical (unpaired) electrons. The van der Waals surface area contributed by atoms with Crippen LogP contribution < -0.4 is 4.74 Å². The van der Waals surface area contributed by atoms with Gasteiger partial charge >= 0.3 is 0 Å². The summed E-state index contributed by atoms with van der Waals surface area (Å²) < 4.78 is 7.98. The highest BCUT2D eigenvalue weighted by atomic mass is 79.9. The molecule has 3 rings (SSSR count). The highest BCUT2D eigenvalue weighted by Gasteiger charge is 2.28. The van der Waals surface area contributed by atoms with Gasteiger partial charge in [-0.05, 0) is 29.8 Å². The maximum atomic E-state index is 10.2. The molecule has 4 heteroatoms. The van der Waals surface area contributed by atoms with E-state index in [4.69, 9.17) is 4.74 Å². The van der Waals surface area contributed by atoms with E-state index >= 15 is 0 Å². The third-order valence-corrected chi connectivity index (χ3v) is 4.25. The van der Waals surface area contributed by atoms with E-state index < -0.39 is 6.10 Å². The summed E-state index contributed by atoms with van der Waals surface area (Å²) in [5, 5.41) is 10.2. The van der Waals surface area contributed by atoms with Crippen molar-refractivity contribution in [1.29, 1.82) is 0 Å². The molecule has 1 heterocycles. The van der Waals surface area contributed by atoms with Crippen LogP contribution in [0, 0.1) is 0 Å². The van der Waals surface area contributed by atoms with E-state index in [9.17, 15) is 5.11 Å². The first-order chi connectivity index (χ1) is 9.13. The standard InChI is InChI=1S/C15H12Br2O2/c16-10-3-1-2-9(6-10)14-8-13(18)12-5-4-11(17)7-15(12)19-14/h1-7,13-14,18H,8H2/t13-,14?/m0/s1. The van der Waals surface area contributed by atoms with Crippen LogP contribution in [0.1, 0.15) is 29.8 Å². The summed E-state index contributed by atoms with van der Waals surface area (Å²) in [5.74, 6) is 0.748. The average molecular weight is 384 g/mol. The lowest BCUT2D eigenvalue weighted by Gasteiger charge is -2.30. The molecule has 0 aromatic heterocycles. The lowest BCUT2D eigenvalue weighted by atomic mass is 9.95. The van der Waals surface area contributed by atoms with Crippen molar-refractivity contribution in [3.8, 4) is 5.75 Å². The molecule has 19 heavy (non-hydrogen) atoms. The maximum Gasteiger partial charge on any atom is 0.127 e. The van der Waals surface area contributed by atoms with Gasteiger partial charge in [-0.2, -0.15) is 0 Å². The highest BCUT2D eigenvalue weighted by molar-refractivity contribution is 9.10. The molecule has 1 unspecified atom stereocenters. The van der Waals surface area contributed by atoms with Crippen molar-refractivity contribution in [3.63, 3.8) is 0 Å². The third-order valence-electron chi connectivity index (χ3n) is 3.26. The quantitative estimate of drug-likeness (QED) is 0.768. The van der Waals surface area contributed by atoms with Crippen molar-refractivity contribution in [3.05, 3.63) is 62.5 Å². The zero-order valence-corrected chi connectivity index (χ0v) is 13.2. The Labute approximate surface area is 128 Å². The number of aliphatic hydroxyl groups excluding tert-OH is 1. The molecule has 2 nitrogen and oxygen atoms in total. The largest absolute Gasteiger partial charge is 0.485 e. The van der Waals surface area contributed by atoms with Crippen LogP contribution in [0.3, 0.4) is 0 Å². The first kappa shape index (κ1) is 13.2. The van der Waals surface area contributed by atoms with Crippen LogP contribution in [0.4, 0.5) is 0 Å².